The van der Waals surface area contributed by atoms with Crippen molar-refractivity contribution in [2.75, 3.05) is 0 Å². The van der Waals surface area contributed by atoms with Gasteiger partial charge in [0.25, 0.3) is 5.91 Å². The number of H-pyrrole nitrogens is 1. The van der Waals surface area contributed by atoms with Crippen molar-refractivity contribution in [3.63, 3.8) is 0 Å². The molecule has 0 aliphatic carbocycles. The van der Waals surface area contributed by atoms with E-state index in [1.807, 2.05) is 31.2 Å². The molecule has 3 nitrogen and oxygen atoms in total. The highest BCUT2D eigenvalue weighted by molar-refractivity contribution is 6.30. The second kappa shape index (κ2) is 5.06. The van der Waals surface area contributed by atoms with Gasteiger partial charge in [0.05, 0.1) is 5.56 Å². The first-order valence-electron chi connectivity index (χ1n) is 5.33. The minimum atomic E-state index is -0.0706. The van der Waals surface area contributed by atoms with Gasteiger partial charge in [0.2, 0.25) is 0 Å². The van der Waals surface area contributed by atoms with Crippen LogP contribution in [0, 0.1) is 6.92 Å². The van der Waals surface area contributed by atoms with Gasteiger partial charge in [-0.05, 0) is 30.7 Å². The van der Waals surface area contributed by atoms with Crippen molar-refractivity contribution < 1.29 is 4.79 Å². The van der Waals surface area contributed by atoms with Crippen LogP contribution in [0.25, 0.3) is 0 Å². The maximum Gasteiger partial charge on any atom is 0.253 e. The normalized spacial score (nSPS) is 10.2. The lowest BCUT2D eigenvalue weighted by atomic mass is 10.2. The van der Waals surface area contributed by atoms with Crippen LogP contribution in [0.5, 0.6) is 0 Å². The predicted molar refractivity (Wildman–Crippen MR) is 68.2 cm³/mol. The average Bonchev–Trinajstić information content (AvgIpc) is 2.74. The van der Waals surface area contributed by atoms with Crippen LogP contribution in [0.1, 0.15) is 21.6 Å². The van der Waals surface area contributed by atoms with Gasteiger partial charge in [-0.1, -0.05) is 23.7 Å². The number of nitrogens with one attached hydrogen (secondary N) is 2. The van der Waals surface area contributed by atoms with E-state index >= 15 is 0 Å². The highest BCUT2D eigenvalue weighted by Gasteiger charge is 2.08. The molecule has 0 saturated carbocycles. The summed E-state index contributed by atoms with van der Waals surface area (Å²) in [7, 11) is 0. The van der Waals surface area contributed by atoms with Crippen molar-refractivity contribution in [3.05, 3.63) is 58.4 Å². The SMILES string of the molecule is Cc1[nH]ccc1C(=O)NCc1ccc(Cl)cc1. The molecule has 0 aliphatic rings. The lowest BCUT2D eigenvalue weighted by Gasteiger charge is -2.05. The molecule has 0 unspecified atom stereocenters. The molecule has 0 fully saturated rings. The summed E-state index contributed by atoms with van der Waals surface area (Å²) in [6.45, 7) is 2.37. The third-order valence-electron chi connectivity index (χ3n) is 2.56. The number of carbonyl (C=O) groups excluding carboxylic acids is 1. The maximum atomic E-state index is 11.8. The first-order chi connectivity index (χ1) is 8.16. The van der Waals surface area contributed by atoms with Crippen LogP contribution in [-0.2, 0) is 6.54 Å². The van der Waals surface area contributed by atoms with E-state index in [4.69, 9.17) is 11.6 Å². The molecule has 4 heteroatoms. The summed E-state index contributed by atoms with van der Waals surface area (Å²) < 4.78 is 0. The quantitative estimate of drug-likeness (QED) is 0.862. The van der Waals surface area contributed by atoms with Gasteiger partial charge < -0.3 is 10.3 Å². The van der Waals surface area contributed by atoms with Crippen molar-refractivity contribution in [2.24, 2.45) is 0 Å². The topological polar surface area (TPSA) is 44.9 Å². The Balaban J connectivity index is 1.97. The molecule has 0 bridgehead atoms. The molecular weight excluding hydrogens is 236 g/mol. The lowest BCUT2D eigenvalue weighted by molar-refractivity contribution is 0.0950. The lowest BCUT2D eigenvalue weighted by Crippen LogP contribution is -2.22. The first-order valence-corrected chi connectivity index (χ1v) is 5.71. The van der Waals surface area contributed by atoms with Gasteiger partial charge in [-0.25, -0.2) is 0 Å². The van der Waals surface area contributed by atoms with Crippen LogP contribution in [0.15, 0.2) is 36.5 Å². The first kappa shape index (κ1) is 11.7. The minimum absolute atomic E-state index is 0.0706. The molecular formula is C13H13ClN2O. The van der Waals surface area contributed by atoms with E-state index < -0.39 is 0 Å². The van der Waals surface area contributed by atoms with Crippen molar-refractivity contribution >= 4 is 17.5 Å². The van der Waals surface area contributed by atoms with E-state index in [0.29, 0.717) is 17.1 Å². The highest BCUT2D eigenvalue weighted by Crippen LogP contribution is 2.10. The van der Waals surface area contributed by atoms with Gasteiger partial charge in [-0.15, -0.1) is 0 Å². The van der Waals surface area contributed by atoms with Crippen LogP contribution >= 0.6 is 11.6 Å². The molecule has 0 spiro atoms. The fourth-order valence-corrected chi connectivity index (χ4v) is 1.70. The number of aromatic amines is 1. The van der Waals surface area contributed by atoms with Gasteiger partial charge in [0, 0.05) is 23.5 Å². The minimum Gasteiger partial charge on any atom is -0.365 e. The molecule has 0 saturated heterocycles. The summed E-state index contributed by atoms with van der Waals surface area (Å²) in [6, 6.07) is 9.18. The maximum absolute atomic E-state index is 11.8. The van der Waals surface area contributed by atoms with E-state index in [-0.39, 0.29) is 5.91 Å². The molecule has 2 rings (SSSR count). The van der Waals surface area contributed by atoms with Crippen molar-refractivity contribution in [1.82, 2.24) is 10.3 Å². The van der Waals surface area contributed by atoms with E-state index in [2.05, 4.69) is 10.3 Å². The van der Waals surface area contributed by atoms with E-state index in [1.54, 1.807) is 12.3 Å². The number of hydrogen-bond donors (Lipinski definition) is 2. The van der Waals surface area contributed by atoms with Gasteiger partial charge in [-0.2, -0.15) is 0 Å². The van der Waals surface area contributed by atoms with E-state index in [1.165, 1.54) is 0 Å². The van der Waals surface area contributed by atoms with E-state index in [0.717, 1.165) is 11.3 Å². The number of hydrogen-bond acceptors (Lipinski definition) is 1. The zero-order chi connectivity index (χ0) is 12.3. The molecule has 0 atom stereocenters. The summed E-state index contributed by atoms with van der Waals surface area (Å²) in [5.74, 6) is -0.0706. The Hall–Kier alpha value is -1.74. The standard InChI is InChI=1S/C13H13ClN2O/c1-9-12(6-7-15-9)13(17)16-8-10-2-4-11(14)5-3-10/h2-7,15H,8H2,1H3,(H,16,17). The molecule has 1 aromatic heterocycles. The summed E-state index contributed by atoms with van der Waals surface area (Å²) >= 11 is 5.78. The number of carbonyl (C=O) groups is 1. The van der Waals surface area contributed by atoms with Crippen LogP contribution < -0.4 is 5.32 Å². The average molecular weight is 249 g/mol. The number of aromatic nitrogens is 1. The number of benzene rings is 1. The van der Waals surface area contributed by atoms with Gasteiger partial charge in [-0.3, -0.25) is 4.79 Å². The smallest absolute Gasteiger partial charge is 0.253 e. The largest absolute Gasteiger partial charge is 0.365 e. The van der Waals surface area contributed by atoms with Gasteiger partial charge >= 0.3 is 0 Å². The fourth-order valence-electron chi connectivity index (χ4n) is 1.58. The molecule has 1 aromatic carbocycles. The monoisotopic (exact) mass is 248 g/mol. The fraction of sp³-hybridized carbons (Fsp3) is 0.154. The van der Waals surface area contributed by atoms with Crippen LogP contribution in [0.3, 0.4) is 0 Å². The Labute approximate surface area is 105 Å². The highest BCUT2D eigenvalue weighted by atomic mass is 35.5. The number of amides is 1. The molecule has 1 heterocycles. The molecule has 0 radical (unpaired) electrons. The Morgan fingerprint density at radius 3 is 2.59 bits per heavy atom. The Morgan fingerprint density at radius 1 is 1.29 bits per heavy atom. The second-order valence-electron chi connectivity index (χ2n) is 3.83. The number of aryl methyl sites for hydroxylation is 1. The third-order valence-corrected chi connectivity index (χ3v) is 2.82. The van der Waals surface area contributed by atoms with Gasteiger partial charge in [0.1, 0.15) is 0 Å². The molecule has 17 heavy (non-hydrogen) atoms. The third kappa shape index (κ3) is 2.88. The van der Waals surface area contributed by atoms with E-state index in [9.17, 15) is 4.79 Å². The number of halogens is 1. The van der Waals surface area contributed by atoms with Crippen molar-refractivity contribution in [3.8, 4) is 0 Å². The molecule has 0 aliphatic heterocycles. The summed E-state index contributed by atoms with van der Waals surface area (Å²) in [5, 5.41) is 3.56. The Morgan fingerprint density at radius 2 is 2.00 bits per heavy atom. The number of rotatable bonds is 3. The molecule has 1 amide bonds. The van der Waals surface area contributed by atoms with Crippen molar-refractivity contribution in [1.29, 1.82) is 0 Å². The summed E-state index contributed by atoms with van der Waals surface area (Å²) in [6.07, 6.45) is 1.76. The van der Waals surface area contributed by atoms with Crippen LogP contribution in [0.2, 0.25) is 5.02 Å². The predicted octanol–water partition coefficient (Wildman–Crippen LogP) is 2.91. The van der Waals surface area contributed by atoms with Gasteiger partial charge in [0.15, 0.2) is 0 Å². The van der Waals surface area contributed by atoms with Crippen LogP contribution in [0.4, 0.5) is 0 Å². The Bertz CT molecular complexity index is 516. The second-order valence-corrected chi connectivity index (χ2v) is 4.26. The zero-order valence-corrected chi connectivity index (χ0v) is 10.2. The summed E-state index contributed by atoms with van der Waals surface area (Å²) in [5.41, 5.74) is 2.58. The molecule has 88 valence electrons. The molecule has 2 aromatic rings. The van der Waals surface area contributed by atoms with Crippen LogP contribution in [-0.4, -0.2) is 10.9 Å². The zero-order valence-electron chi connectivity index (χ0n) is 9.46. The van der Waals surface area contributed by atoms with Crippen molar-refractivity contribution in [2.45, 2.75) is 13.5 Å². The summed E-state index contributed by atoms with van der Waals surface area (Å²) in [4.78, 5) is 14.8. The Kier molecular flexibility index (Phi) is 3.49. The molecule has 2 N–H and O–H groups in total.